The number of alkyl halides is 3. The van der Waals surface area contributed by atoms with Crippen LogP contribution in [0.5, 0.6) is 0 Å². The van der Waals surface area contributed by atoms with Gasteiger partial charge in [-0.2, -0.15) is 13.2 Å². The minimum atomic E-state index is -4.35. The van der Waals surface area contributed by atoms with E-state index in [0.29, 0.717) is 5.56 Å². The number of amidine groups is 1. The van der Waals surface area contributed by atoms with Crippen molar-refractivity contribution in [1.82, 2.24) is 4.90 Å². The highest BCUT2D eigenvalue weighted by Gasteiger charge is 2.31. The third-order valence-corrected chi connectivity index (χ3v) is 2.89. The molecule has 0 radical (unpaired) electrons. The summed E-state index contributed by atoms with van der Waals surface area (Å²) in [6.45, 7) is 1.52. The van der Waals surface area contributed by atoms with Crippen LogP contribution < -0.4 is 0 Å². The quantitative estimate of drug-likeness (QED) is 0.594. The maximum Gasteiger partial charge on any atom is 0.416 e. The van der Waals surface area contributed by atoms with Gasteiger partial charge in [0.15, 0.2) is 0 Å². The third-order valence-electron chi connectivity index (χ3n) is 2.89. The standard InChI is InChI=1S/C12H13F3N2/c13-12(14,15)10-5-3-4-9(8-10)11(16)17-6-1-2-7-17/h3-5,8,16H,1-2,6-7H2. The van der Waals surface area contributed by atoms with Crippen LogP contribution in [0.1, 0.15) is 24.0 Å². The Bertz CT molecular complexity index is 420. The Morgan fingerprint density at radius 1 is 1.18 bits per heavy atom. The molecule has 0 spiro atoms. The molecule has 0 amide bonds. The third kappa shape index (κ3) is 2.60. The van der Waals surface area contributed by atoms with E-state index in [9.17, 15) is 13.2 Å². The van der Waals surface area contributed by atoms with Gasteiger partial charge in [0.2, 0.25) is 0 Å². The first kappa shape index (κ1) is 12.0. The Morgan fingerprint density at radius 3 is 2.41 bits per heavy atom. The summed E-state index contributed by atoms with van der Waals surface area (Å²) in [6.07, 6.45) is -2.34. The average Bonchev–Trinajstić information content (AvgIpc) is 2.80. The SMILES string of the molecule is N=C(c1cccc(C(F)(F)F)c1)N1CCCC1. The zero-order valence-electron chi connectivity index (χ0n) is 9.22. The highest BCUT2D eigenvalue weighted by atomic mass is 19.4. The van der Waals surface area contributed by atoms with E-state index in [1.807, 2.05) is 4.90 Å². The Kier molecular flexibility index (Phi) is 3.09. The molecule has 2 nitrogen and oxygen atoms in total. The van der Waals surface area contributed by atoms with Gasteiger partial charge in [-0.1, -0.05) is 12.1 Å². The number of hydrogen-bond donors (Lipinski definition) is 1. The molecule has 92 valence electrons. The lowest BCUT2D eigenvalue weighted by atomic mass is 10.1. The molecule has 0 aromatic heterocycles. The van der Waals surface area contributed by atoms with Crippen molar-refractivity contribution in [1.29, 1.82) is 5.41 Å². The fraction of sp³-hybridized carbons (Fsp3) is 0.417. The summed E-state index contributed by atoms with van der Waals surface area (Å²) in [5, 5.41) is 7.89. The van der Waals surface area contributed by atoms with Crippen LogP contribution >= 0.6 is 0 Å². The van der Waals surface area contributed by atoms with Crippen molar-refractivity contribution >= 4 is 5.84 Å². The van der Waals surface area contributed by atoms with Crippen LogP contribution in [0, 0.1) is 5.41 Å². The van der Waals surface area contributed by atoms with Crippen LogP contribution in [0.2, 0.25) is 0 Å². The molecule has 0 aliphatic carbocycles. The Hall–Kier alpha value is -1.52. The molecule has 0 atom stereocenters. The lowest BCUT2D eigenvalue weighted by Crippen LogP contribution is -2.27. The average molecular weight is 242 g/mol. The molecule has 1 aliphatic rings. The summed E-state index contributed by atoms with van der Waals surface area (Å²) in [5.74, 6) is 0.189. The molecule has 5 heteroatoms. The summed E-state index contributed by atoms with van der Waals surface area (Å²) in [6, 6.07) is 4.97. The molecule has 17 heavy (non-hydrogen) atoms. The fourth-order valence-corrected chi connectivity index (χ4v) is 1.97. The molecule has 1 N–H and O–H groups in total. The first-order valence-corrected chi connectivity index (χ1v) is 5.49. The van der Waals surface area contributed by atoms with E-state index in [-0.39, 0.29) is 5.84 Å². The Balaban J connectivity index is 2.24. The van der Waals surface area contributed by atoms with Gasteiger partial charge >= 0.3 is 6.18 Å². The van der Waals surface area contributed by atoms with E-state index in [4.69, 9.17) is 5.41 Å². The summed E-state index contributed by atoms with van der Waals surface area (Å²) in [7, 11) is 0. The topological polar surface area (TPSA) is 27.1 Å². The smallest absolute Gasteiger partial charge is 0.357 e. The van der Waals surface area contributed by atoms with Gasteiger partial charge in [-0.25, -0.2) is 0 Å². The van der Waals surface area contributed by atoms with Crippen LogP contribution in [0.15, 0.2) is 24.3 Å². The molecule has 1 aliphatic heterocycles. The normalized spacial score (nSPS) is 16.3. The first-order valence-electron chi connectivity index (χ1n) is 5.49. The summed E-state index contributed by atoms with van der Waals surface area (Å²) in [5.41, 5.74) is -0.360. The van der Waals surface area contributed by atoms with Crippen LogP contribution in [-0.2, 0) is 6.18 Å². The van der Waals surface area contributed by atoms with E-state index < -0.39 is 11.7 Å². The van der Waals surface area contributed by atoms with Crippen LogP contribution in [-0.4, -0.2) is 23.8 Å². The van der Waals surface area contributed by atoms with Crippen molar-refractivity contribution in [2.24, 2.45) is 0 Å². The molecule has 0 unspecified atom stereocenters. The monoisotopic (exact) mass is 242 g/mol. The summed E-state index contributed by atoms with van der Waals surface area (Å²) < 4.78 is 37.6. The van der Waals surface area contributed by atoms with Crippen LogP contribution in [0.25, 0.3) is 0 Å². The largest absolute Gasteiger partial charge is 0.416 e. The van der Waals surface area contributed by atoms with Gasteiger partial charge in [-0.05, 0) is 25.0 Å². The van der Waals surface area contributed by atoms with E-state index >= 15 is 0 Å². The highest BCUT2D eigenvalue weighted by Crippen LogP contribution is 2.29. The molecule has 0 saturated carbocycles. The number of hydrogen-bond acceptors (Lipinski definition) is 1. The maximum absolute atomic E-state index is 12.5. The van der Waals surface area contributed by atoms with Crippen LogP contribution in [0.4, 0.5) is 13.2 Å². The first-order chi connectivity index (χ1) is 7.98. The fourth-order valence-electron chi connectivity index (χ4n) is 1.97. The van der Waals surface area contributed by atoms with Crippen molar-refractivity contribution in [3.63, 3.8) is 0 Å². The van der Waals surface area contributed by atoms with Crippen molar-refractivity contribution in [2.45, 2.75) is 19.0 Å². The molecule has 1 aromatic carbocycles. The minimum Gasteiger partial charge on any atom is -0.357 e. The van der Waals surface area contributed by atoms with E-state index in [1.165, 1.54) is 6.07 Å². The number of nitrogens with zero attached hydrogens (tertiary/aromatic N) is 1. The summed E-state index contributed by atoms with van der Waals surface area (Å²) >= 11 is 0. The van der Waals surface area contributed by atoms with Crippen LogP contribution in [0.3, 0.4) is 0 Å². The van der Waals surface area contributed by atoms with E-state index in [2.05, 4.69) is 0 Å². The molecule has 1 aromatic rings. The molecule has 2 rings (SSSR count). The molecule has 1 heterocycles. The molecule has 1 saturated heterocycles. The molecular weight excluding hydrogens is 229 g/mol. The number of nitrogens with one attached hydrogen (secondary N) is 1. The van der Waals surface area contributed by atoms with Gasteiger partial charge in [0.1, 0.15) is 5.84 Å². The van der Waals surface area contributed by atoms with Gasteiger partial charge in [-0.3, -0.25) is 5.41 Å². The predicted octanol–water partition coefficient (Wildman–Crippen LogP) is 3.13. The van der Waals surface area contributed by atoms with Gasteiger partial charge in [-0.15, -0.1) is 0 Å². The van der Waals surface area contributed by atoms with Gasteiger partial charge in [0.25, 0.3) is 0 Å². The van der Waals surface area contributed by atoms with Crippen molar-refractivity contribution < 1.29 is 13.2 Å². The Labute approximate surface area is 97.6 Å². The number of likely N-dealkylation sites (tertiary alicyclic amines) is 1. The number of benzene rings is 1. The number of rotatable bonds is 1. The number of halogens is 3. The van der Waals surface area contributed by atoms with E-state index in [1.54, 1.807) is 6.07 Å². The zero-order chi connectivity index (χ0) is 12.5. The second kappa shape index (κ2) is 4.39. The van der Waals surface area contributed by atoms with E-state index in [0.717, 1.165) is 38.1 Å². The van der Waals surface area contributed by atoms with Crippen molar-refractivity contribution in [2.75, 3.05) is 13.1 Å². The molecular formula is C12H13F3N2. The maximum atomic E-state index is 12.5. The van der Waals surface area contributed by atoms with Crippen molar-refractivity contribution in [3.8, 4) is 0 Å². The lowest BCUT2D eigenvalue weighted by Gasteiger charge is -2.19. The second-order valence-electron chi connectivity index (χ2n) is 4.12. The lowest BCUT2D eigenvalue weighted by molar-refractivity contribution is -0.137. The zero-order valence-corrected chi connectivity index (χ0v) is 9.22. The summed E-state index contributed by atoms with van der Waals surface area (Å²) in [4.78, 5) is 1.81. The second-order valence-corrected chi connectivity index (χ2v) is 4.12. The molecule has 1 fully saturated rings. The van der Waals surface area contributed by atoms with Crippen molar-refractivity contribution in [3.05, 3.63) is 35.4 Å². The van der Waals surface area contributed by atoms with Gasteiger partial charge in [0.05, 0.1) is 5.56 Å². The highest BCUT2D eigenvalue weighted by molar-refractivity contribution is 5.96. The van der Waals surface area contributed by atoms with Gasteiger partial charge in [0, 0.05) is 18.7 Å². The van der Waals surface area contributed by atoms with Gasteiger partial charge < -0.3 is 4.90 Å². The minimum absolute atomic E-state index is 0.189. The molecule has 0 bridgehead atoms. The Morgan fingerprint density at radius 2 is 1.82 bits per heavy atom. The predicted molar refractivity (Wildman–Crippen MR) is 59.1 cm³/mol.